The van der Waals surface area contributed by atoms with E-state index in [4.69, 9.17) is 19.9 Å². The molecule has 0 saturated heterocycles. The number of hydrogen-bond acceptors (Lipinski definition) is 4. The van der Waals surface area contributed by atoms with Gasteiger partial charge in [-0.3, -0.25) is 0 Å². The molecule has 0 bridgehead atoms. The molecule has 15 heavy (non-hydrogen) atoms. The molecule has 1 aliphatic heterocycles. The van der Waals surface area contributed by atoms with Crippen LogP contribution < -0.4 is 15.2 Å². The van der Waals surface area contributed by atoms with E-state index in [0.29, 0.717) is 19.8 Å². The predicted octanol–water partition coefficient (Wildman–Crippen LogP) is 1.10. The minimum absolute atomic E-state index is 0.120. The van der Waals surface area contributed by atoms with Crippen LogP contribution in [0.15, 0.2) is 18.2 Å². The zero-order valence-corrected chi connectivity index (χ0v) is 8.73. The third kappa shape index (κ3) is 2.22. The van der Waals surface area contributed by atoms with E-state index in [2.05, 4.69) is 0 Å². The Bertz CT molecular complexity index is 341. The molecule has 4 heteroatoms. The topological polar surface area (TPSA) is 53.7 Å². The Labute approximate surface area is 88.9 Å². The van der Waals surface area contributed by atoms with E-state index in [0.717, 1.165) is 17.1 Å². The Morgan fingerprint density at radius 2 is 2.07 bits per heavy atom. The first-order valence-electron chi connectivity index (χ1n) is 4.95. The van der Waals surface area contributed by atoms with Crippen LogP contribution in [-0.4, -0.2) is 26.9 Å². The monoisotopic (exact) mass is 209 g/mol. The van der Waals surface area contributed by atoms with Gasteiger partial charge < -0.3 is 19.9 Å². The van der Waals surface area contributed by atoms with Gasteiger partial charge in [-0.2, -0.15) is 0 Å². The van der Waals surface area contributed by atoms with Gasteiger partial charge in [-0.1, -0.05) is 6.07 Å². The molecule has 0 radical (unpaired) electrons. The standard InChI is InChI=1S/C11H15NO3/c1-13-7-9(12)8-2-3-10-11(6-8)15-5-4-14-10/h2-3,6,9H,4-5,7,12H2,1H3. The van der Waals surface area contributed by atoms with Crippen molar-refractivity contribution >= 4 is 0 Å². The van der Waals surface area contributed by atoms with Crippen molar-refractivity contribution in [2.75, 3.05) is 26.9 Å². The highest BCUT2D eigenvalue weighted by molar-refractivity contribution is 5.44. The van der Waals surface area contributed by atoms with Gasteiger partial charge in [0.15, 0.2) is 11.5 Å². The van der Waals surface area contributed by atoms with Crippen LogP contribution in [-0.2, 0) is 4.74 Å². The molecule has 1 aromatic rings. The van der Waals surface area contributed by atoms with Crippen LogP contribution in [0.2, 0.25) is 0 Å². The van der Waals surface area contributed by atoms with Crippen LogP contribution in [0.1, 0.15) is 11.6 Å². The number of fused-ring (bicyclic) bond motifs is 1. The number of nitrogens with two attached hydrogens (primary N) is 1. The van der Waals surface area contributed by atoms with Crippen molar-refractivity contribution in [1.29, 1.82) is 0 Å². The molecular formula is C11H15NO3. The maximum atomic E-state index is 5.92. The predicted molar refractivity (Wildman–Crippen MR) is 56.2 cm³/mol. The van der Waals surface area contributed by atoms with Gasteiger partial charge in [0.2, 0.25) is 0 Å². The smallest absolute Gasteiger partial charge is 0.161 e. The van der Waals surface area contributed by atoms with Gasteiger partial charge in [-0.25, -0.2) is 0 Å². The molecule has 1 atom stereocenters. The zero-order valence-electron chi connectivity index (χ0n) is 8.73. The highest BCUT2D eigenvalue weighted by Crippen LogP contribution is 2.32. The fourth-order valence-corrected chi connectivity index (χ4v) is 1.57. The van der Waals surface area contributed by atoms with Crippen LogP contribution >= 0.6 is 0 Å². The Morgan fingerprint density at radius 3 is 2.80 bits per heavy atom. The second-order valence-electron chi connectivity index (χ2n) is 3.46. The minimum Gasteiger partial charge on any atom is -0.486 e. The molecule has 4 nitrogen and oxygen atoms in total. The third-order valence-electron chi connectivity index (χ3n) is 2.34. The Kier molecular flexibility index (Phi) is 3.08. The summed E-state index contributed by atoms with van der Waals surface area (Å²) in [6.07, 6.45) is 0. The molecule has 0 saturated carbocycles. The van der Waals surface area contributed by atoms with Gasteiger partial charge in [-0.15, -0.1) is 0 Å². The number of methoxy groups -OCH3 is 1. The lowest BCUT2D eigenvalue weighted by Gasteiger charge is -2.20. The second-order valence-corrected chi connectivity index (χ2v) is 3.46. The van der Waals surface area contributed by atoms with Gasteiger partial charge in [0, 0.05) is 7.11 Å². The quantitative estimate of drug-likeness (QED) is 0.810. The van der Waals surface area contributed by atoms with Gasteiger partial charge in [0.1, 0.15) is 13.2 Å². The van der Waals surface area contributed by atoms with Crippen LogP contribution in [0, 0.1) is 0 Å². The van der Waals surface area contributed by atoms with Crippen LogP contribution in [0.3, 0.4) is 0 Å². The van der Waals surface area contributed by atoms with Gasteiger partial charge >= 0.3 is 0 Å². The summed E-state index contributed by atoms with van der Waals surface area (Å²) in [6, 6.07) is 5.63. The maximum Gasteiger partial charge on any atom is 0.161 e. The zero-order chi connectivity index (χ0) is 10.7. The first kappa shape index (κ1) is 10.3. The molecule has 1 aromatic carbocycles. The van der Waals surface area contributed by atoms with E-state index >= 15 is 0 Å². The largest absolute Gasteiger partial charge is 0.486 e. The molecule has 2 rings (SSSR count). The lowest BCUT2D eigenvalue weighted by Crippen LogP contribution is -2.18. The summed E-state index contributed by atoms with van der Waals surface area (Å²) in [6.45, 7) is 1.70. The van der Waals surface area contributed by atoms with E-state index in [-0.39, 0.29) is 6.04 Å². The van der Waals surface area contributed by atoms with Crippen molar-refractivity contribution in [3.8, 4) is 11.5 Å². The lowest BCUT2D eigenvalue weighted by molar-refractivity contribution is 0.169. The van der Waals surface area contributed by atoms with E-state index in [1.54, 1.807) is 7.11 Å². The van der Waals surface area contributed by atoms with Crippen molar-refractivity contribution in [3.63, 3.8) is 0 Å². The summed E-state index contributed by atoms with van der Waals surface area (Å²) in [5.74, 6) is 1.56. The molecule has 1 heterocycles. The molecule has 82 valence electrons. The number of rotatable bonds is 3. The SMILES string of the molecule is COCC(N)c1ccc2c(c1)OCCO2. The number of ether oxygens (including phenoxy) is 3. The summed E-state index contributed by atoms with van der Waals surface area (Å²) >= 11 is 0. The van der Waals surface area contributed by atoms with E-state index < -0.39 is 0 Å². The molecule has 2 N–H and O–H groups in total. The van der Waals surface area contributed by atoms with E-state index in [1.807, 2.05) is 18.2 Å². The van der Waals surface area contributed by atoms with Crippen molar-refractivity contribution < 1.29 is 14.2 Å². The fraction of sp³-hybridized carbons (Fsp3) is 0.455. The van der Waals surface area contributed by atoms with Crippen LogP contribution in [0.25, 0.3) is 0 Å². The lowest BCUT2D eigenvalue weighted by atomic mass is 10.1. The van der Waals surface area contributed by atoms with Crippen LogP contribution in [0.4, 0.5) is 0 Å². The molecule has 0 spiro atoms. The molecular weight excluding hydrogens is 194 g/mol. The summed E-state index contributed by atoms with van der Waals surface area (Å²) in [5.41, 5.74) is 6.92. The molecule has 0 aliphatic carbocycles. The number of benzene rings is 1. The van der Waals surface area contributed by atoms with Gasteiger partial charge in [-0.05, 0) is 17.7 Å². The van der Waals surface area contributed by atoms with Crippen molar-refractivity contribution in [2.24, 2.45) is 5.73 Å². The number of hydrogen-bond donors (Lipinski definition) is 1. The molecule has 0 aromatic heterocycles. The Morgan fingerprint density at radius 1 is 1.33 bits per heavy atom. The molecule has 0 amide bonds. The molecule has 1 aliphatic rings. The second kappa shape index (κ2) is 4.51. The van der Waals surface area contributed by atoms with Gasteiger partial charge in [0.05, 0.1) is 12.6 Å². The first-order valence-corrected chi connectivity index (χ1v) is 4.95. The van der Waals surface area contributed by atoms with Crippen molar-refractivity contribution in [1.82, 2.24) is 0 Å². The maximum absolute atomic E-state index is 5.92. The van der Waals surface area contributed by atoms with Gasteiger partial charge in [0.25, 0.3) is 0 Å². The summed E-state index contributed by atoms with van der Waals surface area (Å²) < 4.78 is 15.9. The molecule has 1 unspecified atom stereocenters. The Balaban J connectivity index is 2.20. The van der Waals surface area contributed by atoms with E-state index in [9.17, 15) is 0 Å². The minimum atomic E-state index is -0.120. The molecule has 0 fully saturated rings. The Hall–Kier alpha value is -1.26. The summed E-state index contributed by atoms with van der Waals surface area (Å²) in [4.78, 5) is 0. The summed E-state index contributed by atoms with van der Waals surface area (Å²) in [7, 11) is 1.64. The fourth-order valence-electron chi connectivity index (χ4n) is 1.57. The third-order valence-corrected chi connectivity index (χ3v) is 2.34. The summed E-state index contributed by atoms with van der Waals surface area (Å²) in [5, 5.41) is 0. The first-order chi connectivity index (χ1) is 7.31. The van der Waals surface area contributed by atoms with Crippen molar-refractivity contribution in [2.45, 2.75) is 6.04 Å². The highest BCUT2D eigenvalue weighted by atomic mass is 16.6. The van der Waals surface area contributed by atoms with Crippen LogP contribution in [0.5, 0.6) is 11.5 Å². The highest BCUT2D eigenvalue weighted by Gasteiger charge is 2.14. The van der Waals surface area contributed by atoms with Crippen molar-refractivity contribution in [3.05, 3.63) is 23.8 Å². The average Bonchev–Trinajstić information content (AvgIpc) is 2.29. The van der Waals surface area contributed by atoms with E-state index in [1.165, 1.54) is 0 Å². The normalized spacial score (nSPS) is 16.1. The average molecular weight is 209 g/mol.